The predicted molar refractivity (Wildman–Crippen MR) is 83.1 cm³/mol. The van der Waals surface area contributed by atoms with Crippen molar-refractivity contribution in [3.63, 3.8) is 0 Å². The van der Waals surface area contributed by atoms with Gasteiger partial charge in [0.05, 0.1) is 0 Å². The van der Waals surface area contributed by atoms with Crippen LogP contribution in [0.15, 0.2) is 35.1 Å². The first-order chi connectivity index (χ1) is 9.11. The number of hydrogen-bond acceptors (Lipinski definition) is 4. The fourth-order valence-corrected chi connectivity index (χ4v) is 2.22. The molecule has 5 heteroatoms. The maximum Gasteiger partial charge on any atom is 0.150 e. The van der Waals surface area contributed by atoms with Crippen molar-refractivity contribution in [1.82, 2.24) is 9.97 Å². The summed E-state index contributed by atoms with van der Waals surface area (Å²) in [6.45, 7) is 4.37. The van der Waals surface area contributed by atoms with Gasteiger partial charge in [0.2, 0.25) is 0 Å². The van der Waals surface area contributed by atoms with E-state index in [0.717, 1.165) is 21.8 Å². The van der Waals surface area contributed by atoms with Gasteiger partial charge in [0.1, 0.15) is 22.4 Å². The third-order valence-electron chi connectivity index (χ3n) is 2.87. The summed E-state index contributed by atoms with van der Waals surface area (Å²) >= 11 is 3.49. The third kappa shape index (κ3) is 3.23. The Labute approximate surface area is 121 Å². The standard InChI is InChI=1S/C14H17BrN4/c1-9(2)10-4-6-11(7-5-10)19-14-12(15)13(16-3)17-8-18-14/h4-9H,1-3H3,(H2,16,17,18,19). The molecule has 0 atom stereocenters. The normalized spacial score (nSPS) is 10.6. The van der Waals surface area contributed by atoms with Crippen LogP contribution in [0.25, 0.3) is 0 Å². The van der Waals surface area contributed by atoms with E-state index < -0.39 is 0 Å². The fourth-order valence-electron chi connectivity index (χ4n) is 1.72. The topological polar surface area (TPSA) is 49.8 Å². The van der Waals surface area contributed by atoms with Crippen LogP contribution in [-0.4, -0.2) is 17.0 Å². The van der Waals surface area contributed by atoms with E-state index in [0.29, 0.717) is 5.92 Å². The van der Waals surface area contributed by atoms with Crippen molar-refractivity contribution >= 4 is 33.3 Å². The summed E-state index contributed by atoms with van der Waals surface area (Å²) < 4.78 is 0.824. The summed E-state index contributed by atoms with van der Waals surface area (Å²) in [6.07, 6.45) is 1.53. The number of nitrogens with zero attached hydrogens (tertiary/aromatic N) is 2. The van der Waals surface area contributed by atoms with Gasteiger partial charge in [0.15, 0.2) is 0 Å². The molecule has 2 rings (SSSR count). The van der Waals surface area contributed by atoms with Gasteiger partial charge in [-0.05, 0) is 39.5 Å². The molecule has 0 aliphatic heterocycles. The molecule has 1 aromatic carbocycles. The molecule has 0 saturated heterocycles. The highest BCUT2D eigenvalue weighted by atomic mass is 79.9. The quantitative estimate of drug-likeness (QED) is 0.888. The van der Waals surface area contributed by atoms with Gasteiger partial charge in [-0.3, -0.25) is 0 Å². The highest BCUT2D eigenvalue weighted by Gasteiger charge is 2.07. The summed E-state index contributed by atoms with van der Waals surface area (Å²) in [7, 11) is 1.83. The van der Waals surface area contributed by atoms with Gasteiger partial charge >= 0.3 is 0 Å². The summed E-state index contributed by atoms with van der Waals surface area (Å²) in [5.41, 5.74) is 2.33. The number of hydrogen-bond donors (Lipinski definition) is 2. The minimum Gasteiger partial charge on any atom is -0.372 e. The van der Waals surface area contributed by atoms with Crippen LogP contribution in [0.2, 0.25) is 0 Å². The molecule has 1 aromatic heterocycles. The molecule has 0 bridgehead atoms. The van der Waals surface area contributed by atoms with Gasteiger partial charge in [-0.15, -0.1) is 0 Å². The van der Waals surface area contributed by atoms with Crippen LogP contribution >= 0.6 is 15.9 Å². The van der Waals surface area contributed by atoms with Crippen molar-refractivity contribution in [2.24, 2.45) is 0 Å². The largest absolute Gasteiger partial charge is 0.372 e. The number of aromatic nitrogens is 2. The summed E-state index contributed by atoms with van der Waals surface area (Å²) in [4.78, 5) is 8.36. The van der Waals surface area contributed by atoms with Crippen molar-refractivity contribution in [1.29, 1.82) is 0 Å². The van der Waals surface area contributed by atoms with Crippen LogP contribution in [0, 0.1) is 0 Å². The lowest BCUT2D eigenvalue weighted by Gasteiger charge is -2.11. The van der Waals surface area contributed by atoms with E-state index >= 15 is 0 Å². The lowest BCUT2D eigenvalue weighted by atomic mass is 10.0. The molecule has 0 aliphatic carbocycles. The average Bonchev–Trinajstić information content (AvgIpc) is 2.42. The van der Waals surface area contributed by atoms with Gasteiger partial charge in [-0.1, -0.05) is 26.0 Å². The Kier molecular flexibility index (Phi) is 4.37. The smallest absolute Gasteiger partial charge is 0.150 e. The Morgan fingerprint density at radius 1 is 1.05 bits per heavy atom. The second-order valence-electron chi connectivity index (χ2n) is 4.54. The van der Waals surface area contributed by atoms with E-state index in [9.17, 15) is 0 Å². The Hall–Kier alpha value is -1.62. The Balaban J connectivity index is 2.21. The third-order valence-corrected chi connectivity index (χ3v) is 3.62. The van der Waals surface area contributed by atoms with E-state index in [1.54, 1.807) is 0 Å². The van der Waals surface area contributed by atoms with Gasteiger partial charge < -0.3 is 10.6 Å². The zero-order valence-corrected chi connectivity index (χ0v) is 12.8. The zero-order chi connectivity index (χ0) is 13.8. The van der Waals surface area contributed by atoms with E-state index in [-0.39, 0.29) is 0 Å². The van der Waals surface area contributed by atoms with Gasteiger partial charge in [0.25, 0.3) is 0 Å². The fraction of sp³-hybridized carbons (Fsp3) is 0.286. The highest BCUT2D eigenvalue weighted by Crippen LogP contribution is 2.29. The monoisotopic (exact) mass is 320 g/mol. The molecule has 19 heavy (non-hydrogen) atoms. The molecular weight excluding hydrogens is 304 g/mol. The Morgan fingerprint density at radius 3 is 2.26 bits per heavy atom. The minimum absolute atomic E-state index is 0.538. The maximum atomic E-state index is 4.23. The van der Waals surface area contributed by atoms with Crippen LogP contribution in [0.1, 0.15) is 25.3 Å². The van der Waals surface area contributed by atoms with Gasteiger partial charge in [-0.2, -0.15) is 0 Å². The molecule has 0 aliphatic rings. The molecule has 1 heterocycles. The van der Waals surface area contributed by atoms with Crippen molar-refractivity contribution in [3.8, 4) is 0 Å². The Morgan fingerprint density at radius 2 is 1.68 bits per heavy atom. The zero-order valence-electron chi connectivity index (χ0n) is 11.2. The van der Waals surface area contributed by atoms with Crippen molar-refractivity contribution < 1.29 is 0 Å². The lowest BCUT2D eigenvalue weighted by Crippen LogP contribution is -2.00. The summed E-state index contributed by atoms with van der Waals surface area (Å²) in [5, 5.41) is 6.28. The van der Waals surface area contributed by atoms with Crippen LogP contribution < -0.4 is 10.6 Å². The molecule has 2 N–H and O–H groups in total. The van der Waals surface area contributed by atoms with E-state index in [4.69, 9.17) is 0 Å². The number of nitrogens with one attached hydrogen (secondary N) is 2. The van der Waals surface area contributed by atoms with Gasteiger partial charge in [-0.25, -0.2) is 9.97 Å². The highest BCUT2D eigenvalue weighted by molar-refractivity contribution is 9.10. The number of anilines is 3. The first-order valence-corrected chi connectivity index (χ1v) is 6.96. The average molecular weight is 321 g/mol. The molecule has 2 aromatic rings. The minimum atomic E-state index is 0.538. The number of benzene rings is 1. The molecule has 4 nitrogen and oxygen atoms in total. The van der Waals surface area contributed by atoms with Crippen molar-refractivity contribution in [2.75, 3.05) is 17.7 Å². The van der Waals surface area contributed by atoms with Crippen molar-refractivity contribution in [2.45, 2.75) is 19.8 Å². The van der Waals surface area contributed by atoms with Crippen LogP contribution in [0.3, 0.4) is 0 Å². The second kappa shape index (κ2) is 6.02. The maximum absolute atomic E-state index is 4.23. The first-order valence-electron chi connectivity index (χ1n) is 6.17. The second-order valence-corrected chi connectivity index (χ2v) is 5.33. The van der Waals surface area contributed by atoms with Crippen molar-refractivity contribution in [3.05, 3.63) is 40.6 Å². The number of halogens is 1. The Bertz CT molecular complexity index is 552. The van der Waals surface area contributed by atoms with Crippen LogP contribution in [-0.2, 0) is 0 Å². The van der Waals surface area contributed by atoms with Gasteiger partial charge in [0, 0.05) is 12.7 Å². The first kappa shape index (κ1) is 13.8. The molecule has 0 radical (unpaired) electrons. The molecule has 100 valence electrons. The van der Waals surface area contributed by atoms with Crippen LogP contribution in [0.4, 0.5) is 17.3 Å². The van der Waals surface area contributed by atoms with E-state index in [1.807, 2.05) is 7.05 Å². The predicted octanol–water partition coefficient (Wildman–Crippen LogP) is 4.15. The molecule has 0 amide bonds. The molecule has 0 fully saturated rings. The molecular formula is C14H17BrN4. The SMILES string of the molecule is CNc1ncnc(Nc2ccc(C(C)C)cc2)c1Br. The summed E-state index contributed by atoms with van der Waals surface area (Å²) in [5.74, 6) is 2.05. The van der Waals surface area contributed by atoms with E-state index in [1.165, 1.54) is 11.9 Å². The number of rotatable bonds is 4. The molecule has 0 spiro atoms. The summed E-state index contributed by atoms with van der Waals surface area (Å²) in [6, 6.07) is 8.37. The molecule has 0 unspecified atom stereocenters. The van der Waals surface area contributed by atoms with Crippen LogP contribution in [0.5, 0.6) is 0 Å². The molecule has 0 saturated carbocycles. The lowest BCUT2D eigenvalue weighted by molar-refractivity contribution is 0.867. The van der Waals surface area contributed by atoms with E-state index in [2.05, 4.69) is 74.6 Å².